The molecule has 2 amide bonds. The number of anilines is 2. The highest BCUT2D eigenvalue weighted by atomic mass is 35.5. The first-order chi connectivity index (χ1) is 15.2. The largest absolute Gasteiger partial charge is 0.373 e. The van der Waals surface area contributed by atoms with Gasteiger partial charge in [0.15, 0.2) is 5.78 Å². The summed E-state index contributed by atoms with van der Waals surface area (Å²) in [6.07, 6.45) is 1.17. The zero-order valence-electron chi connectivity index (χ0n) is 17.7. The average molecular weight is 459 g/mol. The number of hydrogen-bond donors (Lipinski definition) is 1. The zero-order chi connectivity index (χ0) is 23.0. The van der Waals surface area contributed by atoms with Gasteiger partial charge in [0.25, 0.3) is 5.91 Å². The van der Waals surface area contributed by atoms with Crippen molar-refractivity contribution in [3.63, 3.8) is 0 Å². The minimum Gasteiger partial charge on any atom is -0.373 e. The molecule has 1 atom stereocenters. The monoisotopic (exact) mass is 458 g/mol. The normalized spacial score (nSPS) is 20.1. The number of Topliss-reactive ketones (excluding diaryl/α,β-unsaturated/α-hetero) is 1. The lowest BCUT2D eigenvalue weighted by Crippen LogP contribution is -2.47. The molecule has 2 aliphatic heterocycles. The van der Waals surface area contributed by atoms with Gasteiger partial charge in [0.2, 0.25) is 11.5 Å². The first kappa shape index (κ1) is 22.4. The van der Waals surface area contributed by atoms with E-state index in [1.165, 1.54) is 17.0 Å². The van der Waals surface area contributed by atoms with Crippen LogP contribution in [-0.2, 0) is 27.2 Å². The Labute approximate surface area is 190 Å². The minimum atomic E-state index is -2.10. The Morgan fingerprint density at radius 3 is 2.69 bits per heavy atom. The van der Waals surface area contributed by atoms with Gasteiger partial charge in [-0.15, -0.1) is 0 Å². The van der Waals surface area contributed by atoms with Gasteiger partial charge in [-0.25, -0.2) is 4.39 Å². The molecule has 0 spiro atoms. The van der Waals surface area contributed by atoms with Crippen molar-refractivity contribution in [1.82, 2.24) is 0 Å². The van der Waals surface area contributed by atoms with E-state index in [1.54, 1.807) is 17.0 Å². The Balaban J connectivity index is 1.47. The molecular weight excluding hydrogens is 435 g/mol. The number of hydrogen-bond acceptors (Lipinski definition) is 4. The number of benzene rings is 2. The summed E-state index contributed by atoms with van der Waals surface area (Å²) in [6, 6.07) is 9.41. The maximum absolute atomic E-state index is 13.5. The standard InChI is InChI=1S/C24H24ClFN2O4/c1-2-22(30)28-9-7-16-13-19(4-5-20(16)28)27-10-8-24(32,23(27)31)21(29)6-3-15-11-17(25)14-18(26)12-15/h4-5,11-14,32H,2-3,6-10H2,1H3/t24-/m0/s1. The van der Waals surface area contributed by atoms with Crippen LogP contribution in [0.5, 0.6) is 0 Å². The SMILES string of the molecule is CCC(=O)N1CCc2cc(N3CC[C@](O)(C(=O)CCc4cc(F)cc(Cl)c4)C3=O)ccc21. The van der Waals surface area contributed by atoms with Crippen LogP contribution in [0.25, 0.3) is 0 Å². The van der Waals surface area contributed by atoms with E-state index in [0.29, 0.717) is 30.6 Å². The van der Waals surface area contributed by atoms with Crippen LogP contribution in [-0.4, -0.2) is 41.4 Å². The van der Waals surface area contributed by atoms with E-state index in [0.717, 1.165) is 11.3 Å². The summed E-state index contributed by atoms with van der Waals surface area (Å²) in [4.78, 5) is 41.0. The van der Waals surface area contributed by atoms with Crippen LogP contribution in [0, 0.1) is 5.82 Å². The van der Waals surface area contributed by atoms with Crippen molar-refractivity contribution in [2.45, 2.75) is 44.6 Å². The number of carbonyl (C=O) groups excluding carboxylic acids is 3. The van der Waals surface area contributed by atoms with Crippen molar-refractivity contribution in [3.05, 3.63) is 58.4 Å². The lowest BCUT2D eigenvalue weighted by atomic mass is 9.92. The molecule has 0 bridgehead atoms. The third-order valence-corrected chi connectivity index (χ3v) is 6.41. The average Bonchev–Trinajstić information content (AvgIpc) is 3.32. The molecule has 2 heterocycles. The van der Waals surface area contributed by atoms with Crippen LogP contribution in [0.2, 0.25) is 5.02 Å². The number of ketones is 1. The van der Waals surface area contributed by atoms with Gasteiger partial charge >= 0.3 is 0 Å². The molecule has 32 heavy (non-hydrogen) atoms. The molecule has 4 rings (SSSR count). The molecule has 0 aromatic heterocycles. The summed E-state index contributed by atoms with van der Waals surface area (Å²) in [5.41, 5.74) is 0.828. The molecule has 168 valence electrons. The fraction of sp³-hybridized carbons (Fsp3) is 0.375. The molecule has 0 saturated carbocycles. The number of amides is 2. The molecule has 1 saturated heterocycles. The second kappa shape index (κ2) is 8.64. The molecule has 6 nitrogen and oxygen atoms in total. The number of aliphatic hydroxyl groups is 1. The lowest BCUT2D eigenvalue weighted by Gasteiger charge is -2.22. The Kier molecular flexibility index (Phi) is 6.05. The van der Waals surface area contributed by atoms with Crippen molar-refractivity contribution >= 4 is 40.6 Å². The Morgan fingerprint density at radius 2 is 1.97 bits per heavy atom. The molecule has 0 radical (unpaired) electrons. The summed E-state index contributed by atoms with van der Waals surface area (Å²) in [7, 11) is 0. The highest BCUT2D eigenvalue weighted by Crippen LogP contribution is 2.36. The second-order valence-corrected chi connectivity index (χ2v) is 8.67. The summed E-state index contributed by atoms with van der Waals surface area (Å²) >= 11 is 5.85. The van der Waals surface area contributed by atoms with Crippen molar-refractivity contribution in [2.75, 3.05) is 22.9 Å². The Bertz CT molecular complexity index is 1090. The van der Waals surface area contributed by atoms with Crippen molar-refractivity contribution in [1.29, 1.82) is 0 Å². The third-order valence-electron chi connectivity index (χ3n) is 6.19. The zero-order valence-corrected chi connectivity index (χ0v) is 18.5. The number of halogens is 2. The first-order valence-corrected chi connectivity index (χ1v) is 11.1. The fourth-order valence-corrected chi connectivity index (χ4v) is 4.68. The predicted molar refractivity (Wildman–Crippen MR) is 119 cm³/mol. The molecule has 1 N–H and O–H groups in total. The van der Waals surface area contributed by atoms with Crippen molar-refractivity contribution in [3.8, 4) is 0 Å². The fourth-order valence-electron chi connectivity index (χ4n) is 4.44. The number of rotatable bonds is 6. The molecular formula is C24H24ClFN2O4. The quantitative estimate of drug-likeness (QED) is 0.672. The third kappa shape index (κ3) is 4.02. The van der Waals surface area contributed by atoms with Gasteiger partial charge in [-0.05, 0) is 60.4 Å². The maximum Gasteiger partial charge on any atom is 0.266 e. The molecule has 2 aromatic carbocycles. The van der Waals surface area contributed by atoms with Gasteiger partial charge in [0.1, 0.15) is 5.82 Å². The molecule has 8 heteroatoms. The van der Waals surface area contributed by atoms with E-state index in [9.17, 15) is 23.9 Å². The lowest BCUT2D eigenvalue weighted by molar-refractivity contribution is -0.147. The van der Waals surface area contributed by atoms with Gasteiger partial charge < -0.3 is 14.9 Å². The summed E-state index contributed by atoms with van der Waals surface area (Å²) in [5.74, 6) is -1.70. The highest BCUT2D eigenvalue weighted by Gasteiger charge is 2.51. The topological polar surface area (TPSA) is 77.9 Å². The van der Waals surface area contributed by atoms with E-state index in [1.807, 2.05) is 19.1 Å². The summed E-state index contributed by atoms with van der Waals surface area (Å²) in [5, 5.41) is 11.1. The van der Waals surface area contributed by atoms with Crippen LogP contribution < -0.4 is 9.80 Å². The predicted octanol–water partition coefficient (Wildman–Crippen LogP) is 3.45. The Hall–Kier alpha value is -2.77. The van der Waals surface area contributed by atoms with Crippen LogP contribution in [0.15, 0.2) is 36.4 Å². The van der Waals surface area contributed by atoms with E-state index in [4.69, 9.17) is 11.6 Å². The summed E-state index contributed by atoms with van der Waals surface area (Å²) < 4.78 is 13.5. The number of fused-ring (bicyclic) bond motifs is 1. The number of carbonyl (C=O) groups is 3. The number of aryl methyl sites for hydroxylation is 1. The van der Waals surface area contributed by atoms with Gasteiger partial charge in [-0.3, -0.25) is 14.4 Å². The van der Waals surface area contributed by atoms with E-state index >= 15 is 0 Å². The van der Waals surface area contributed by atoms with Gasteiger partial charge in [-0.1, -0.05) is 18.5 Å². The molecule has 0 aliphatic carbocycles. The molecule has 0 unspecified atom stereocenters. The molecule has 2 aromatic rings. The second-order valence-electron chi connectivity index (χ2n) is 8.23. The van der Waals surface area contributed by atoms with Crippen LogP contribution in [0.3, 0.4) is 0 Å². The Morgan fingerprint density at radius 1 is 1.19 bits per heavy atom. The highest BCUT2D eigenvalue weighted by molar-refractivity contribution is 6.30. The molecule has 1 fully saturated rings. The molecule has 2 aliphatic rings. The van der Waals surface area contributed by atoms with Gasteiger partial charge in [0.05, 0.1) is 0 Å². The minimum absolute atomic E-state index is 0.00783. The van der Waals surface area contributed by atoms with E-state index in [-0.39, 0.29) is 36.7 Å². The van der Waals surface area contributed by atoms with Crippen LogP contribution in [0.1, 0.15) is 37.3 Å². The van der Waals surface area contributed by atoms with Gasteiger partial charge in [0, 0.05) is 48.7 Å². The first-order valence-electron chi connectivity index (χ1n) is 10.7. The van der Waals surface area contributed by atoms with Crippen molar-refractivity contribution in [2.24, 2.45) is 0 Å². The van der Waals surface area contributed by atoms with Crippen LogP contribution in [0.4, 0.5) is 15.8 Å². The van der Waals surface area contributed by atoms with Gasteiger partial charge in [-0.2, -0.15) is 0 Å². The van der Waals surface area contributed by atoms with E-state index in [2.05, 4.69) is 0 Å². The van der Waals surface area contributed by atoms with Crippen LogP contribution >= 0.6 is 11.6 Å². The maximum atomic E-state index is 13.5. The summed E-state index contributed by atoms with van der Waals surface area (Å²) in [6.45, 7) is 2.63. The smallest absolute Gasteiger partial charge is 0.266 e. The van der Waals surface area contributed by atoms with E-state index < -0.39 is 23.1 Å². The number of nitrogens with zero attached hydrogens (tertiary/aromatic N) is 2. The van der Waals surface area contributed by atoms with Crippen molar-refractivity contribution < 1.29 is 23.9 Å².